The second kappa shape index (κ2) is 11.6. The quantitative estimate of drug-likeness (QED) is 0.132. The second-order valence-corrected chi connectivity index (χ2v) is 8.15. The topological polar surface area (TPSA) is 114 Å². The van der Waals surface area contributed by atoms with Crippen LogP contribution < -0.4 is 14.8 Å². The maximum Gasteiger partial charge on any atom is 0.416 e. The number of nitriles is 1. The molecule has 190 valence electrons. The standard InChI is InChI=1S/C25H17BrF3N3O5/c1-2-36-22-12-15(10-16(14-30)24(33)31-18-6-4-3-5-7-18)11-19(26)23(22)37-21-9-8-17(25(27,28)29)13-20(21)32(34)35/h3-13H,2H2,1H3,(H,31,33)/b16-10+. The number of nitro benzene ring substituents is 1. The molecule has 3 aromatic carbocycles. The van der Waals surface area contributed by atoms with Gasteiger partial charge in [0.25, 0.3) is 5.91 Å². The van der Waals surface area contributed by atoms with E-state index < -0.39 is 34.0 Å². The number of alkyl halides is 3. The third kappa shape index (κ3) is 6.86. The van der Waals surface area contributed by atoms with Gasteiger partial charge in [0.15, 0.2) is 11.5 Å². The molecule has 0 radical (unpaired) electrons. The van der Waals surface area contributed by atoms with E-state index in [9.17, 15) is 33.3 Å². The van der Waals surface area contributed by atoms with E-state index in [4.69, 9.17) is 9.47 Å². The Morgan fingerprint density at radius 2 is 1.86 bits per heavy atom. The van der Waals surface area contributed by atoms with Gasteiger partial charge in [0.05, 0.1) is 21.6 Å². The minimum Gasteiger partial charge on any atom is -0.490 e. The Hall–Kier alpha value is -4.37. The molecule has 1 amide bonds. The maximum atomic E-state index is 13.0. The molecule has 0 aliphatic heterocycles. The lowest BCUT2D eigenvalue weighted by Gasteiger charge is -2.15. The third-order valence-electron chi connectivity index (χ3n) is 4.73. The summed E-state index contributed by atoms with van der Waals surface area (Å²) in [4.78, 5) is 23.0. The molecule has 3 aromatic rings. The van der Waals surface area contributed by atoms with Crippen LogP contribution in [0.4, 0.5) is 24.5 Å². The Morgan fingerprint density at radius 1 is 1.16 bits per heavy atom. The summed E-state index contributed by atoms with van der Waals surface area (Å²) in [7, 11) is 0. The van der Waals surface area contributed by atoms with E-state index in [1.54, 1.807) is 37.3 Å². The molecule has 1 N–H and O–H groups in total. The Balaban J connectivity index is 1.99. The molecule has 8 nitrogen and oxygen atoms in total. The van der Waals surface area contributed by atoms with Crippen LogP contribution >= 0.6 is 15.9 Å². The predicted molar refractivity (Wildman–Crippen MR) is 132 cm³/mol. The predicted octanol–water partition coefficient (Wildman–Crippen LogP) is 7.11. The van der Waals surface area contributed by atoms with Gasteiger partial charge in [-0.1, -0.05) is 18.2 Å². The maximum absolute atomic E-state index is 13.0. The van der Waals surface area contributed by atoms with Gasteiger partial charge in [0.2, 0.25) is 5.75 Å². The summed E-state index contributed by atoms with van der Waals surface area (Å²) >= 11 is 3.27. The lowest BCUT2D eigenvalue weighted by Crippen LogP contribution is -2.13. The highest BCUT2D eigenvalue weighted by atomic mass is 79.9. The summed E-state index contributed by atoms with van der Waals surface area (Å²) in [5, 5.41) is 23.5. The van der Waals surface area contributed by atoms with E-state index in [0.29, 0.717) is 23.4 Å². The van der Waals surface area contributed by atoms with Crippen molar-refractivity contribution >= 4 is 39.3 Å². The fourth-order valence-electron chi connectivity index (χ4n) is 3.10. The van der Waals surface area contributed by atoms with E-state index in [0.717, 1.165) is 6.07 Å². The van der Waals surface area contributed by atoms with Gasteiger partial charge in [-0.25, -0.2) is 0 Å². The highest BCUT2D eigenvalue weighted by molar-refractivity contribution is 9.10. The molecule has 0 heterocycles. The molecule has 0 spiro atoms. The molecule has 0 saturated heterocycles. The van der Waals surface area contributed by atoms with Gasteiger partial charge in [0.1, 0.15) is 11.6 Å². The van der Waals surface area contributed by atoms with Crippen molar-refractivity contribution in [2.24, 2.45) is 0 Å². The van der Waals surface area contributed by atoms with Gasteiger partial charge in [0, 0.05) is 11.8 Å². The summed E-state index contributed by atoms with van der Waals surface area (Å²) in [6, 6.07) is 15.1. The van der Waals surface area contributed by atoms with Crippen LogP contribution in [0.3, 0.4) is 0 Å². The Kier molecular flexibility index (Phi) is 8.52. The molecule has 0 aliphatic carbocycles. The number of amides is 1. The molecule has 0 aliphatic rings. The molecule has 0 saturated carbocycles. The molecule has 0 atom stereocenters. The van der Waals surface area contributed by atoms with E-state index in [2.05, 4.69) is 21.2 Å². The van der Waals surface area contributed by atoms with E-state index in [1.807, 2.05) is 6.07 Å². The van der Waals surface area contributed by atoms with Gasteiger partial charge in [-0.05, 0) is 70.9 Å². The number of nitrogens with one attached hydrogen (secondary N) is 1. The smallest absolute Gasteiger partial charge is 0.416 e. The number of nitrogens with zero attached hydrogens (tertiary/aromatic N) is 2. The zero-order valence-electron chi connectivity index (χ0n) is 19.0. The number of hydrogen-bond donors (Lipinski definition) is 1. The Morgan fingerprint density at radius 3 is 2.46 bits per heavy atom. The summed E-state index contributed by atoms with van der Waals surface area (Å²) in [6.07, 6.45) is -3.48. The first-order valence-corrected chi connectivity index (χ1v) is 11.3. The van der Waals surface area contributed by atoms with Crippen molar-refractivity contribution in [3.63, 3.8) is 0 Å². The van der Waals surface area contributed by atoms with Crippen LogP contribution in [0.1, 0.15) is 18.1 Å². The first kappa shape index (κ1) is 27.2. The highest BCUT2D eigenvalue weighted by Gasteiger charge is 2.33. The summed E-state index contributed by atoms with van der Waals surface area (Å²) in [5.41, 5.74) is -1.47. The van der Waals surface area contributed by atoms with Crippen LogP contribution in [0.25, 0.3) is 6.08 Å². The van der Waals surface area contributed by atoms with E-state index >= 15 is 0 Å². The van der Waals surface area contributed by atoms with Crippen LogP contribution in [-0.4, -0.2) is 17.4 Å². The van der Waals surface area contributed by atoms with Crippen molar-refractivity contribution in [3.8, 4) is 23.3 Å². The number of anilines is 1. The Labute approximate surface area is 217 Å². The first-order valence-electron chi connectivity index (χ1n) is 10.5. The number of nitro groups is 1. The van der Waals surface area contributed by atoms with Crippen molar-refractivity contribution in [2.45, 2.75) is 13.1 Å². The average Bonchev–Trinajstić information content (AvgIpc) is 2.84. The van der Waals surface area contributed by atoms with Gasteiger partial charge in [-0.3, -0.25) is 14.9 Å². The first-order chi connectivity index (χ1) is 17.5. The number of hydrogen-bond acceptors (Lipinski definition) is 6. The van der Waals surface area contributed by atoms with Gasteiger partial charge < -0.3 is 14.8 Å². The number of carbonyl (C=O) groups excluding carboxylic acids is 1. The van der Waals surface area contributed by atoms with Crippen LogP contribution in [-0.2, 0) is 11.0 Å². The number of carbonyl (C=O) groups is 1. The number of ether oxygens (including phenoxy) is 2. The average molecular weight is 576 g/mol. The molecular weight excluding hydrogens is 559 g/mol. The zero-order chi connectivity index (χ0) is 27.2. The van der Waals surface area contributed by atoms with Gasteiger partial charge in [-0.15, -0.1) is 0 Å². The van der Waals surface area contributed by atoms with Crippen LogP contribution in [0.5, 0.6) is 17.2 Å². The molecule has 0 unspecified atom stereocenters. The summed E-state index contributed by atoms with van der Waals surface area (Å²) in [6.45, 7) is 1.81. The largest absolute Gasteiger partial charge is 0.490 e. The van der Waals surface area contributed by atoms with E-state index in [1.165, 1.54) is 18.2 Å². The zero-order valence-corrected chi connectivity index (χ0v) is 20.6. The molecule has 0 bridgehead atoms. The molecule has 37 heavy (non-hydrogen) atoms. The van der Waals surface area contributed by atoms with Gasteiger partial charge >= 0.3 is 11.9 Å². The second-order valence-electron chi connectivity index (χ2n) is 7.29. The molecule has 12 heteroatoms. The monoisotopic (exact) mass is 575 g/mol. The minimum absolute atomic E-state index is 0.0471. The van der Waals surface area contributed by atoms with Crippen LogP contribution in [0, 0.1) is 21.4 Å². The Bertz CT molecular complexity index is 1400. The van der Waals surface area contributed by atoms with Gasteiger partial charge in [-0.2, -0.15) is 18.4 Å². The van der Waals surface area contributed by atoms with Crippen molar-refractivity contribution < 1.29 is 32.4 Å². The lowest BCUT2D eigenvalue weighted by atomic mass is 10.1. The highest BCUT2D eigenvalue weighted by Crippen LogP contribution is 2.44. The lowest BCUT2D eigenvalue weighted by molar-refractivity contribution is -0.385. The number of halogens is 4. The van der Waals surface area contributed by atoms with Crippen molar-refractivity contribution in [1.82, 2.24) is 0 Å². The van der Waals surface area contributed by atoms with E-state index in [-0.39, 0.29) is 28.2 Å². The SMILES string of the molecule is CCOc1cc(/C=C(\C#N)C(=O)Nc2ccccc2)cc(Br)c1Oc1ccc(C(F)(F)F)cc1[N+](=O)[O-]. The molecule has 0 aromatic heterocycles. The molecular formula is C25H17BrF3N3O5. The van der Waals surface area contributed by atoms with Crippen molar-refractivity contribution in [2.75, 3.05) is 11.9 Å². The van der Waals surface area contributed by atoms with Crippen molar-refractivity contribution in [1.29, 1.82) is 5.26 Å². The van der Waals surface area contributed by atoms with Crippen molar-refractivity contribution in [3.05, 3.63) is 92.0 Å². The number of benzene rings is 3. The normalized spacial score (nSPS) is 11.4. The summed E-state index contributed by atoms with van der Waals surface area (Å²) < 4.78 is 50.5. The molecule has 0 fully saturated rings. The number of para-hydroxylation sites is 1. The van der Waals surface area contributed by atoms with Crippen LogP contribution in [0.2, 0.25) is 0 Å². The third-order valence-corrected chi connectivity index (χ3v) is 5.32. The van der Waals surface area contributed by atoms with Crippen LogP contribution in [0.15, 0.2) is 70.7 Å². The summed E-state index contributed by atoms with van der Waals surface area (Å²) in [5.74, 6) is -1.07. The minimum atomic E-state index is -4.78. The fraction of sp³-hybridized carbons (Fsp3) is 0.120. The molecule has 3 rings (SSSR count). The fourth-order valence-corrected chi connectivity index (χ4v) is 3.64. The number of rotatable bonds is 8.